The highest BCUT2D eigenvalue weighted by Gasteiger charge is 2.32. The normalized spacial score (nSPS) is 29.0. The maximum Gasteiger partial charge on any atom is 0.224 e. The minimum absolute atomic E-state index is 0.0527. The summed E-state index contributed by atoms with van der Waals surface area (Å²) in [4.78, 5) is 22.2. The predicted molar refractivity (Wildman–Crippen MR) is 46.7 cm³/mol. The van der Waals surface area contributed by atoms with E-state index in [2.05, 4.69) is 5.32 Å². The molecule has 0 aromatic rings. The molecule has 0 aromatic carbocycles. The Morgan fingerprint density at radius 1 is 1.50 bits per heavy atom. The van der Waals surface area contributed by atoms with Crippen molar-refractivity contribution in [3.63, 3.8) is 0 Å². The number of thioether (sulfide) groups is 1. The van der Waals surface area contributed by atoms with Crippen LogP contribution in [-0.4, -0.2) is 22.8 Å². The second-order valence-electron chi connectivity index (χ2n) is 3.37. The highest BCUT2D eigenvalue weighted by Crippen LogP contribution is 2.27. The van der Waals surface area contributed by atoms with Crippen LogP contribution >= 0.6 is 11.8 Å². The predicted octanol–water partition coefficient (Wildman–Crippen LogP) is 0.545. The van der Waals surface area contributed by atoms with Crippen LogP contribution in [0.25, 0.3) is 0 Å². The van der Waals surface area contributed by atoms with Crippen LogP contribution in [0.2, 0.25) is 0 Å². The Morgan fingerprint density at radius 2 is 2.25 bits per heavy atom. The van der Waals surface area contributed by atoms with Crippen molar-refractivity contribution in [2.24, 2.45) is 5.92 Å². The summed E-state index contributed by atoms with van der Waals surface area (Å²) in [5.41, 5.74) is 0. The molecule has 1 aliphatic carbocycles. The number of carbonyl (C=O) groups excluding carboxylic acids is 2. The monoisotopic (exact) mass is 185 g/mol. The summed E-state index contributed by atoms with van der Waals surface area (Å²) in [6.07, 6.45) is 2.66. The average molecular weight is 185 g/mol. The van der Waals surface area contributed by atoms with Crippen molar-refractivity contribution in [1.29, 1.82) is 0 Å². The Hall–Kier alpha value is -0.510. The zero-order chi connectivity index (χ0) is 8.55. The molecule has 2 rings (SSSR count). The van der Waals surface area contributed by atoms with Gasteiger partial charge < -0.3 is 5.32 Å². The van der Waals surface area contributed by atoms with Gasteiger partial charge in [-0.1, -0.05) is 11.8 Å². The van der Waals surface area contributed by atoms with Gasteiger partial charge in [-0.25, -0.2) is 0 Å². The Bertz CT molecular complexity index is 225. The van der Waals surface area contributed by atoms with Crippen LogP contribution in [0.15, 0.2) is 0 Å². The van der Waals surface area contributed by atoms with E-state index in [0.29, 0.717) is 18.2 Å². The first-order valence-electron chi connectivity index (χ1n) is 4.21. The van der Waals surface area contributed by atoms with Gasteiger partial charge in [-0.3, -0.25) is 9.59 Å². The largest absolute Gasteiger partial charge is 0.353 e. The molecule has 66 valence electrons. The number of rotatable bonds is 2. The lowest BCUT2D eigenvalue weighted by Gasteiger charge is -2.06. The summed E-state index contributed by atoms with van der Waals surface area (Å²) >= 11 is 1.28. The van der Waals surface area contributed by atoms with E-state index < -0.39 is 0 Å². The molecule has 1 atom stereocenters. The molecule has 1 aliphatic heterocycles. The van der Waals surface area contributed by atoms with E-state index in [9.17, 15) is 9.59 Å². The number of amides is 1. The Labute approximate surface area is 75.3 Å². The first-order valence-corrected chi connectivity index (χ1v) is 5.20. The molecule has 0 spiro atoms. The van der Waals surface area contributed by atoms with Crippen molar-refractivity contribution in [1.82, 2.24) is 5.32 Å². The average Bonchev–Trinajstić information content (AvgIpc) is 2.72. The fraction of sp³-hybridized carbons (Fsp3) is 0.750. The minimum atomic E-state index is -0.0527. The third-order valence-corrected chi connectivity index (χ3v) is 3.21. The molecular formula is C8H11NO2S. The van der Waals surface area contributed by atoms with Crippen LogP contribution in [0, 0.1) is 5.92 Å². The van der Waals surface area contributed by atoms with Crippen LogP contribution < -0.4 is 5.32 Å². The first-order chi connectivity index (χ1) is 5.75. The first kappa shape index (κ1) is 8.10. The van der Waals surface area contributed by atoms with E-state index in [1.165, 1.54) is 11.8 Å². The van der Waals surface area contributed by atoms with Gasteiger partial charge in [0.1, 0.15) is 0 Å². The van der Waals surface area contributed by atoms with Crippen molar-refractivity contribution in [3.8, 4) is 0 Å². The molecule has 1 saturated carbocycles. The minimum Gasteiger partial charge on any atom is -0.353 e. The molecule has 1 unspecified atom stereocenters. The lowest BCUT2D eigenvalue weighted by molar-refractivity contribution is -0.126. The van der Waals surface area contributed by atoms with E-state index in [4.69, 9.17) is 0 Å². The molecule has 0 radical (unpaired) electrons. The summed E-state index contributed by atoms with van der Waals surface area (Å²) in [5, 5.41) is 3.07. The molecule has 2 fully saturated rings. The second kappa shape index (κ2) is 3.09. The number of hydrogen-bond donors (Lipinski definition) is 1. The van der Waals surface area contributed by atoms with Crippen LogP contribution in [0.4, 0.5) is 0 Å². The SMILES string of the molecule is O=C1CC(C(=O)NC2CC2)CS1. The molecular weight excluding hydrogens is 174 g/mol. The molecule has 1 amide bonds. The maximum atomic E-state index is 11.4. The van der Waals surface area contributed by atoms with Gasteiger partial charge in [0.2, 0.25) is 5.91 Å². The molecule has 1 saturated heterocycles. The Morgan fingerprint density at radius 3 is 2.75 bits per heavy atom. The smallest absolute Gasteiger partial charge is 0.224 e. The summed E-state index contributed by atoms with van der Waals surface area (Å²) < 4.78 is 0. The van der Waals surface area contributed by atoms with Gasteiger partial charge in [0.05, 0.1) is 5.92 Å². The highest BCUT2D eigenvalue weighted by molar-refractivity contribution is 8.14. The maximum absolute atomic E-state index is 11.4. The van der Waals surface area contributed by atoms with Gasteiger partial charge >= 0.3 is 0 Å². The van der Waals surface area contributed by atoms with E-state index in [1.807, 2.05) is 0 Å². The number of carbonyl (C=O) groups is 2. The van der Waals surface area contributed by atoms with Crippen molar-refractivity contribution in [2.45, 2.75) is 25.3 Å². The molecule has 2 aliphatic rings. The van der Waals surface area contributed by atoms with Crippen LogP contribution in [0.3, 0.4) is 0 Å². The summed E-state index contributed by atoms with van der Waals surface area (Å²) in [6, 6.07) is 0.415. The van der Waals surface area contributed by atoms with E-state index in [0.717, 1.165) is 12.8 Å². The lowest BCUT2D eigenvalue weighted by Crippen LogP contribution is -2.32. The Balaban J connectivity index is 1.82. The highest BCUT2D eigenvalue weighted by atomic mass is 32.2. The number of hydrogen-bond acceptors (Lipinski definition) is 3. The van der Waals surface area contributed by atoms with Crippen molar-refractivity contribution < 1.29 is 9.59 Å². The van der Waals surface area contributed by atoms with Crippen LogP contribution in [0.1, 0.15) is 19.3 Å². The van der Waals surface area contributed by atoms with Crippen molar-refractivity contribution >= 4 is 22.8 Å². The molecule has 4 heteroatoms. The van der Waals surface area contributed by atoms with Gasteiger partial charge in [-0.05, 0) is 12.8 Å². The fourth-order valence-electron chi connectivity index (χ4n) is 1.23. The van der Waals surface area contributed by atoms with Crippen molar-refractivity contribution in [2.75, 3.05) is 5.75 Å². The zero-order valence-electron chi connectivity index (χ0n) is 6.71. The quantitative estimate of drug-likeness (QED) is 0.683. The number of nitrogens with one attached hydrogen (secondary N) is 1. The summed E-state index contributed by atoms with van der Waals surface area (Å²) in [6.45, 7) is 0. The Kier molecular flexibility index (Phi) is 2.09. The lowest BCUT2D eigenvalue weighted by atomic mass is 10.1. The molecule has 0 bridgehead atoms. The molecule has 12 heavy (non-hydrogen) atoms. The summed E-state index contributed by atoms with van der Waals surface area (Å²) in [5.74, 6) is 0.705. The van der Waals surface area contributed by atoms with Crippen LogP contribution in [0.5, 0.6) is 0 Å². The second-order valence-corrected chi connectivity index (χ2v) is 4.44. The van der Waals surface area contributed by atoms with Gasteiger partial charge in [0.15, 0.2) is 5.12 Å². The van der Waals surface area contributed by atoms with E-state index in [-0.39, 0.29) is 16.9 Å². The van der Waals surface area contributed by atoms with Gasteiger partial charge in [0, 0.05) is 18.2 Å². The third-order valence-electron chi connectivity index (χ3n) is 2.15. The third kappa shape index (κ3) is 1.80. The standard InChI is InChI=1S/C8H11NO2S/c10-7-3-5(4-12-7)8(11)9-6-1-2-6/h5-6H,1-4H2,(H,9,11). The van der Waals surface area contributed by atoms with Crippen LogP contribution in [-0.2, 0) is 9.59 Å². The molecule has 1 N–H and O–H groups in total. The van der Waals surface area contributed by atoms with Gasteiger partial charge in [0.25, 0.3) is 0 Å². The van der Waals surface area contributed by atoms with Gasteiger partial charge in [-0.15, -0.1) is 0 Å². The van der Waals surface area contributed by atoms with Crippen molar-refractivity contribution in [3.05, 3.63) is 0 Å². The molecule has 1 heterocycles. The van der Waals surface area contributed by atoms with E-state index in [1.54, 1.807) is 0 Å². The molecule has 3 nitrogen and oxygen atoms in total. The van der Waals surface area contributed by atoms with Gasteiger partial charge in [-0.2, -0.15) is 0 Å². The fourth-order valence-corrected chi connectivity index (χ4v) is 2.20. The topological polar surface area (TPSA) is 46.2 Å². The molecule has 0 aromatic heterocycles. The zero-order valence-corrected chi connectivity index (χ0v) is 7.52. The summed E-state index contributed by atoms with van der Waals surface area (Å²) in [7, 11) is 0. The van der Waals surface area contributed by atoms with E-state index >= 15 is 0 Å².